The van der Waals surface area contributed by atoms with Gasteiger partial charge >= 0.3 is 0 Å². The maximum Gasteiger partial charge on any atom is 0.123 e. The minimum atomic E-state index is -0.257. The first-order valence-corrected chi connectivity index (χ1v) is 4.05. The summed E-state index contributed by atoms with van der Waals surface area (Å²) in [6.07, 6.45) is 0. The normalized spacial score (nSPS) is 12.2. The summed E-state index contributed by atoms with van der Waals surface area (Å²) in [6.45, 7) is 3.53. The summed E-state index contributed by atoms with van der Waals surface area (Å²) in [4.78, 5) is 0. The van der Waals surface area contributed by atoms with Crippen LogP contribution >= 0.6 is 0 Å². The molecule has 1 unspecified atom stereocenters. The number of benzene rings is 1. The molecule has 3 heteroatoms. The van der Waals surface area contributed by atoms with Gasteiger partial charge in [-0.05, 0) is 31.5 Å². The van der Waals surface area contributed by atoms with Crippen molar-refractivity contribution >= 4 is 0 Å². The summed E-state index contributed by atoms with van der Waals surface area (Å²) in [6, 6.07) is 5.02. The predicted octanol–water partition coefficient (Wildman–Crippen LogP) is 1.59. The zero-order valence-electron chi connectivity index (χ0n) is 7.70. The van der Waals surface area contributed by atoms with Crippen LogP contribution in [0.15, 0.2) is 12.1 Å². The van der Waals surface area contributed by atoms with Gasteiger partial charge in [-0.1, -0.05) is 0 Å². The average molecular weight is 176 g/mol. The molecule has 0 spiro atoms. The Hall–Kier alpha value is -1.53. The van der Waals surface area contributed by atoms with Crippen LogP contribution in [0.1, 0.15) is 29.7 Å². The Kier molecular flexibility index (Phi) is 2.54. The lowest BCUT2D eigenvalue weighted by molar-refractivity contribution is 0.459. The van der Waals surface area contributed by atoms with Crippen molar-refractivity contribution in [1.29, 1.82) is 5.26 Å². The first-order chi connectivity index (χ1) is 6.06. The van der Waals surface area contributed by atoms with E-state index in [1.807, 2.05) is 6.07 Å². The molecule has 1 aromatic carbocycles. The van der Waals surface area contributed by atoms with E-state index in [9.17, 15) is 5.11 Å². The van der Waals surface area contributed by atoms with Crippen LogP contribution in [0, 0.1) is 18.3 Å². The zero-order chi connectivity index (χ0) is 10.0. The predicted molar refractivity (Wildman–Crippen MR) is 50.2 cm³/mol. The number of nitrogens with two attached hydrogens (primary N) is 1. The Balaban J connectivity index is 3.35. The molecule has 0 aliphatic heterocycles. The first kappa shape index (κ1) is 9.56. The second-order valence-electron chi connectivity index (χ2n) is 3.13. The molecule has 1 atom stereocenters. The molecule has 3 N–H and O–H groups in total. The highest BCUT2D eigenvalue weighted by molar-refractivity contribution is 5.47. The Morgan fingerprint density at radius 2 is 2.15 bits per heavy atom. The van der Waals surface area contributed by atoms with Crippen molar-refractivity contribution < 1.29 is 5.11 Å². The highest BCUT2D eigenvalue weighted by atomic mass is 16.3. The van der Waals surface area contributed by atoms with Crippen molar-refractivity contribution in [2.45, 2.75) is 19.9 Å². The SMILES string of the molecule is Cc1cc(C#N)cc(C(C)N)c1O. The fraction of sp³-hybridized carbons (Fsp3) is 0.300. The molecular weight excluding hydrogens is 164 g/mol. The fourth-order valence-corrected chi connectivity index (χ4v) is 1.22. The number of phenolic OH excluding ortho intramolecular Hbond substituents is 1. The van der Waals surface area contributed by atoms with Gasteiger partial charge in [0.25, 0.3) is 0 Å². The van der Waals surface area contributed by atoms with E-state index in [4.69, 9.17) is 11.0 Å². The van der Waals surface area contributed by atoms with E-state index >= 15 is 0 Å². The van der Waals surface area contributed by atoms with Gasteiger partial charge in [-0.15, -0.1) is 0 Å². The van der Waals surface area contributed by atoms with Crippen LogP contribution in [0.5, 0.6) is 5.75 Å². The van der Waals surface area contributed by atoms with Crippen molar-refractivity contribution in [1.82, 2.24) is 0 Å². The lowest BCUT2D eigenvalue weighted by Gasteiger charge is -2.10. The molecule has 68 valence electrons. The maximum absolute atomic E-state index is 9.60. The third-order valence-electron chi connectivity index (χ3n) is 1.95. The van der Waals surface area contributed by atoms with Gasteiger partial charge in [-0.2, -0.15) is 5.26 Å². The van der Waals surface area contributed by atoms with Crippen LogP contribution in [0.25, 0.3) is 0 Å². The Labute approximate surface area is 77.4 Å². The Morgan fingerprint density at radius 1 is 1.54 bits per heavy atom. The van der Waals surface area contributed by atoms with E-state index < -0.39 is 0 Å². The largest absolute Gasteiger partial charge is 0.507 e. The van der Waals surface area contributed by atoms with Crippen molar-refractivity contribution in [3.8, 4) is 11.8 Å². The number of aromatic hydroxyl groups is 1. The number of aryl methyl sites for hydroxylation is 1. The van der Waals surface area contributed by atoms with Gasteiger partial charge in [0, 0.05) is 11.6 Å². The molecule has 0 saturated heterocycles. The van der Waals surface area contributed by atoms with Gasteiger partial charge in [0.15, 0.2) is 0 Å². The number of hydrogen-bond acceptors (Lipinski definition) is 3. The maximum atomic E-state index is 9.60. The number of nitrogens with zero attached hydrogens (tertiary/aromatic N) is 1. The lowest BCUT2D eigenvalue weighted by Crippen LogP contribution is -2.06. The van der Waals surface area contributed by atoms with Crippen LogP contribution in [-0.2, 0) is 0 Å². The minimum absolute atomic E-state index is 0.189. The van der Waals surface area contributed by atoms with E-state index in [-0.39, 0.29) is 11.8 Å². The third-order valence-corrected chi connectivity index (χ3v) is 1.95. The highest BCUT2D eigenvalue weighted by Crippen LogP contribution is 2.27. The van der Waals surface area contributed by atoms with E-state index in [2.05, 4.69) is 0 Å². The topological polar surface area (TPSA) is 70.0 Å². The standard InChI is InChI=1S/C10H12N2O/c1-6-3-8(5-11)4-9(7(2)12)10(6)13/h3-4,7,13H,12H2,1-2H3. The number of nitriles is 1. The molecule has 13 heavy (non-hydrogen) atoms. The van der Waals surface area contributed by atoms with Crippen molar-refractivity contribution in [2.75, 3.05) is 0 Å². The molecule has 1 rings (SSSR count). The third kappa shape index (κ3) is 1.79. The summed E-state index contributed by atoms with van der Waals surface area (Å²) in [7, 11) is 0. The second kappa shape index (κ2) is 3.46. The van der Waals surface area contributed by atoms with E-state index in [0.717, 1.165) is 0 Å². The van der Waals surface area contributed by atoms with Gasteiger partial charge in [-0.3, -0.25) is 0 Å². The van der Waals surface area contributed by atoms with Crippen molar-refractivity contribution in [3.05, 3.63) is 28.8 Å². The van der Waals surface area contributed by atoms with Crippen LogP contribution in [0.2, 0.25) is 0 Å². The van der Waals surface area contributed by atoms with Crippen LogP contribution in [0.4, 0.5) is 0 Å². The molecule has 0 aliphatic rings. The molecule has 0 saturated carbocycles. The molecule has 0 bridgehead atoms. The van der Waals surface area contributed by atoms with Gasteiger partial charge in [0.2, 0.25) is 0 Å². The highest BCUT2D eigenvalue weighted by Gasteiger charge is 2.09. The Morgan fingerprint density at radius 3 is 2.62 bits per heavy atom. The summed E-state index contributed by atoms with van der Waals surface area (Å²) >= 11 is 0. The van der Waals surface area contributed by atoms with Crippen molar-refractivity contribution in [2.24, 2.45) is 5.73 Å². The van der Waals surface area contributed by atoms with Gasteiger partial charge < -0.3 is 10.8 Å². The zero-order valence-corrected chi connectivity index (χ0v) is 7.70. The smallest absolute Gasteiger partial charge is 0.123 e. The number of phenols is 1. The van der Waals surface area contributed by atoms with Gasteiger partial charge in [0.1, 0.15) is 5.75 Å². The molecule has 0 amide bonds. The fourth-order valence-electron chi connectivity index (χ4n) is 1.22. The van der Waals surface area contributed by atoms with Gasteiger partial charge in [-0.25, -0.2) is 0 Å². The van der Waals surface area contributed by atoms with E-state index in [1.54, 1.807) is 26.0 Å². The minimum Gasteiger partial charge on any atom is -0.507 e. The van der Waals surface area contributed by atoms with Gasteiger partial charge in [0.05, 0.1) is 11.6 Å². The average Bonchev–Trinajstić information content (AvgIpc) is 2.09. The second-order valence-corrected chi connectivity index (χ2v) is 3.13. The molecule has 0 aliphatic carbocycles. The molecule has 1 aromatic rings. The summed E-state index contributed by atoms with van der Waals surface area (Å²) in [5.74, 6) is 0.189. The van der Waals surface area contributed by atoms with Crippen LogP contribution in [-0.4, -0.2) is 5.11 Å². The summed E-state index contributed by atoms with van der Waals surface area (Å²) < 4.78 is 0. The molecule has 0 fully saturated rings. The summed E-state index contributed by atoms with van der Waals surface area (Å²) in [5, 5.41) is 18.3. The molecular formula is C10H12N2O. The molecule has 3 nitrogen and oxygen atoms in total. The Bertz CT molecular complexity index is 364. The van der Waals surface area contributed by atoms with Crippen LogP contribution in [0.3, 0.4) is 0 Å². The monoisotopic (exact) mass is 176 g/mol. The quantitative estimate of drug-likeness (QED) is 0.682. The molecule has 0 heterocycles. The summed E-state index contributed by atoms with van der Waals surface area (Å²) in [5.41, 5.74) is 7.48. The van der Waals surface area contributed by atoms with E-state index in [0.29, 0.717) is 16.7 Å². The first-order valence-electron chi connectivity index (χ1n) is 4.05. The lowest BCUT2D eigenvalue weighted by atomic mass is 10.0. The van der Waals surface area contributed by atoms with Crippen LogP contribution < -0.4 is 5.73 Å². The molecule has 0 aromatic heterocycles. The van der Waals surface area contributed by atoms with Crippen molar-refractivity contribution in [3.63, 3.8) is 0 Å². The number of rotatable bonds is 1. The number of hydrogen-bond donors (Lipinski definition) is 2. The van der Waals surface area contributed by atoms with E-state index in [1.165, 1.54) is 0 Å². The molecule has 0 radical (unpaired) electrons.